The van der Waals surface area contributed by atoms with E-state index in [1.807, 2.05) is 42.5 Å². The van der Waals surface area contributed by atoms with Crippen molar-refractivity contribution in [2.24, 2.45) is 0 Å². The molecular formula is C17H21NO3. The Bertz CT molecular complexity index is 598. The van der Waals surface area contributed by atoms with Crippen LogP contribution in [0.5, 0.6) is 17.2 Å². The number of nitrogens with one attached hydrogen (secondary N) is 1. The predicted octanol–water partition coefficient (Wildman–Crippen LogP) is 3.89. The minimum Gasteiger partial charge on any atom is -0.497 e. The summed E-state index contributed by atoms with van der Waals surface area (Å²) in [6, 6.07) is 13.7. The highest BCUT2D eigenvalue weighted by molar-refractivity contribution is 5.58. The van der Waals surface area contributed by atoms with E-state index in [1.165, 1.54) is 0 Å². The van der Waals surface area contributed by atoms with E-state index >= 15 is 0 Å². The van der Waals surface area contributed by atoms with Crippen molar-refractivity contribution in [3.05, 3.63) is 48.0 Å². The average molecular weight is 287 g/mol. The molecule has 4 nitrogen and oxygen atoms in total. The number of benzene rings is 2. The van der Waals surface area contributed by atoms with Crippen LogP contribution in [-0.2, 0) is 0 Å². The van der Waals surface area contributed by atoms with Crippen molar-refractivity contribution in [1.82, 2.24) is 0 Å². The third kappa shape index (κ3) is 3.40. The molecule has 0 aliphatic heterocycles. The summed E-state index contributed by atoms with van der Waals surface area (Å²) < 4.78 is 16.1. The van der Waals surface area contributed by atoms with Gasteiger partial charge in [-0.1, -0.05) is 12.1 Å². The molecule has 0 bridgehead atoms. The van der Waals surface area contributed by atoms with Crippen LogP contribution in [0.3, 0.4) is 0 Å². The zero-order valence-corrected chi connectivity index (χ0v) is 12.8. The molecule has 1 unspecified atom stereocenters. The molecule has 2 rings (SSSR count). The van der Waals surface area contributed by atoms with Crippen molar-refractivity contribution < 1.29 is 14.2 Å². The number of rotatable bonds is 6. The standard InChI is InChI=1S/C17H21NO3/c1-12(18-15-7-5-6-8-17(15)21-4)14-11-13(19-2)9-10-16(14)20-3/h5-12,18H,1-4H3. The zero-order valence-electron chi connectivity index (χ0n) is 12.8. The summed E-state index contributed by atoms with van der Waals surface area (Å²) in [5.74, 6) is 2.44. The number of hydrogen-bond donors (Lipinski definition) is 1. The largest absolute Gasteiger partial charge is 0.497 e. The molecule has 0 heterocycles. The Morgan fingerprint density at radius 3 is 2.24 bits per heavy atom. The molecule has 0 amide bonds. The van der Waals surface area contributed by atoms with E-state index in [2.05, 4.69) is 12.2 Å². The maximum absolute atomic E-state index is 5.43. The van der Waals surface area contributed by atoms with Gasteiger partial charge >= 0.3 is 0 Å². The van der Waals surface area contributed by atoms with E-state index in [1.54, 1.807) is 21.3 Å². The number of para-hydroxylation sites is 2. The predicted molar refractivity (Wildman–Crippen MR) is 84.6 cm³/mol. The molecule has 0 radical (unpaired) electrons. The number of hydrogen-bond acceptors (Lipinski definition) is 4. The maximum atomic E-state index is 5.43. The Kier molecular flexibility index (Phi) is 4.93. The van der Waals surface area contributed by atoms with E-state index in [9.17, 15) is 0 Å². The van der Waals surface area contributed by atoms with Gasteiger partial charge in [-0.25, -0.2) is 0 Å². The molecule has 0 aromatic heterocycles. The molecule has 1 atom stereocenters. The van der Waals surface area contributed by atoms with Gasteiger partial charge in [-0.2, -0.15) is 0 Å². The van der Waals surface area contributed by atoms with Gasteiger partial charge in [-0.05, 0) is 37.3 Å². The minimum atomic E-state index is 0.0475. The van der Waals surface area contributed by atoms with Gasteiger partial charge in [0.1, 0.15) is 17.2 Å². The smallest absolute Gasteiger partial charge is 0.141 e. The highest BCUT2D eigenvalue weighted by atomic mass is 16.5. The quantitative estimate of drug-likeness (QED) is 0.875. The molecule has 112 valence electrons. The van der Waals surface area contributed by atoms with Crippen molar-refractivity contribution in [2.45, 2.75) is 13.0 Å². The van der Waals surface area contributed by atoms with Gasteiger partial charge in [0.15, 0.2) is 0 Å². The maximum Gasteiger partial charge on any atom is 0.141 e. The highest BCUT2D eigenvalue weighted by Gasteiger charge is 2.14. The fourth-order valence-electron chi connectivity index (χ4n) is 2.25. The van der Waals surface area contributed by atoms with Gasteiger partial charge in [-0.15, -0.1) is 0 Å². The van der Waals surface area contributed by atoms with Crippen LogP contribution in [0.4, 0.5) is 5.69 Å². The van der Waals surface area contributed by atoms with Crippen LogP contribution in [0.1, 0.15) is 18.5 Å². The molecule has 0 saturated carbocycles. The van der Waals surface area contributed by atoms with Gasteiger partial charge in [0.05, 0.1) is 33.1 Å². The number of ether oxygens (including phenoxy) is 3. The lowest BCUT2D eigenvalue weighted by Crippen LogP contribution is -2.09. The summed E-state index contributed by atoms with van der Waals surface area (Å²) in [6.45, 7) is 2.07. The summed E-state index contributed by atoms with van der Waals surface area (Å²) in [6.07, 6.45) is 0. The monoisotopic (exact) mass is 287 g/mol. The van der Waals surface area contributed by atoms with Crippen molar-refractivity contribution in [2.75, 3.05) is 26.6 Å². The average Bonchev–Trinajstić information content (AvgIpc) is 2.54. The van der Waals surface area contributed by atoms with E-state index in [0.717, 1.165) is 28.5 Å². The molecule has 0 saturated heterocycles. The molecule has 1 N–H and O–H groups in total. The lowest BCUT2D eigenvalue weighted by Gasteiger charge is -2.20. The number of methoxy groups -OCH3 is 3. The SMILES string of the molecule is COc1ccc(OC)c(C(C)Nc2ccccc2OC)c1. The van der Waals surface area contributed by atoms with Crippen molar-refractivity contribution in [3.8, 4) is 17.2 Å². The third-order valence-electron chi connectivity index (χ3n) is 3.38. The molecular weight excluding hydrogens is 266 g/mol. The fraction of sp³-hybridized carbons (Fsp3) is 0.294. The van der Waals surface area contributed by atoms with Crippen LogP contribution in [0, 0.1) is 0 Å². The highest BCUT2D eigenvalue weighted by Crippen LogP contribution is 2.33. The molecule has 0 spiro atoms. The summed E-state index contributed by atoms with van der Waals surface area (Å²) >= 11 is 0. The van der Waals surface area contributed by atoms with Crippen LogP contribution >= 0.6 is 0 Å². The fourth-order valence-corrected chi connectivity index (χ4v) is 2.25. The van der Waals surface area contributed by atoms with Crippen LogP contribution < -0.4 is 19.5 Å². The zero-order chi connectivity index (χ0) is 15.2. The molecule has 0 aliphatic carbocycles. The summed E-state index contributed by atoms with van der Waals surface area (Å²) in [4.78, 5) is 0. The second-order valence-electron chi connectivity index (χ2n) is 4.67. The minimum absolute atomic E-state index is 0.0475. The second-order valence-corrected chi connectivity index (χ2v) is 4.67. The van der Waals surface area contributed by atoms with Crippen molar-refractivity contribution in [1.29, 1.82) is 0 Å². The summed E-state index contributed by atoms with van der Waals surface area (Å²) in [7, 11) is 4.99. The first-order valence-electron chi connectivity index (χ1n) is 6.81. The van der Waals surface area contributed by atoms with Crippen molar-refractivity contribution >= 4 is 5.69 Å². The first-order chi connectivity index (χ1) is 10.2. The molecule has 4 heteroatoms. The first kappa shape index (κ1) is 15.0. The van der Waals surface area contributed by atoms with E-state index in [4.69, 9.17) is 14.2 Å². The van der Waals surface area contributed by atoms with Gasteiger partial charge in [-0.3, -0.25) is 0 Å². The molecule has 0 aliphatic rings. The normalized spacial score (nSPS) is 11.6. The van der Waals surface area contributed by atoms with E-state index < -0.39 is 0 Å². The number of anilines is 1. The van der Waals surface area contributed by atoms with Crippen LogP contribution in [0.15, 0.2) is 42.5 Å². The Labute approximate surface area is 125 Å². The van der Waals surface area contributed by atoms with Gasteiger partial charge < -0.3 is 19.5 Å². The van der Waals surface area contributed by atoms with Crippen LogP contribution in [0.25, 0.3) is 0 Å². The second kappa shape index (κ2) is 6.88. The van der Waals surface area contributed by atoms with E-state index in [-0.39, 0.29) is 6.04 Å². The van der Waals surface area contributed by atoms with E-state index in [0.29, 0.717) is 0 Å². The van der Waals surface area contributed by atoms with Gasteiger partial charge in [0, 0.05) is 5.56 Å². The molecule has 21 heavy (non-hydrogen) atoms. The lowest BCUT2D eigenvalue weighted by molar-refractivity contribution is 0.397. The van der Waals surface area contributed by atoms with Gasteiger partial charge in [0.25, 0.3) is 0 Å². The Morgan fingerprint density at radius 2 is 1.57 bits per heavy atom. The lowest BCUT2D eigenvalue weighted by atomic mass is 10.1. The Hall–Kier alpha value is -2.36. The van der Waals surface area contributed by atoms with Crippen molar-refractivity contribution in [3.63, 3.8) is 0 Å². The first-order valence-corrected chi connectivity index (χ1v) is 6.81. The Balaban J connectivity index is 2.29. The summed E-state index contributed by atoms with van der Waals surface area (Å²) in [5.41, 5.74) is 1.97. The molecule has 0 fully saturated rings. The topological polar surface area (TPSA) is 39.7 Å². The Morgan fingerprint density at radius 1 is 0.857 bits per heavy atom. The molecule has 2 aromatic carbocycles. The third-order valence-corrected chi connectivity index (χ3v) is 3.38. The van der Waals surface area contributed by atoms with Crippen LogP contribution in [0.2, 0.25) is 0 Å². The van der Waals surface area contributed by atoms with Crippen LogP contribution in [-0.4, -0.2) is 21.3 Å². The summed E-state index contributed by atoms with van der Waals surface area (Å²) in [5, 5.41) is 3.44. The molecule has 2 aromatic rings. The van der Waals surface area contributed by atoms with Gasteiger partial charge in [0.2, 0.25) is 0 Å².